The molecule has 0 fully saturated rings. The SMILES string of the molecule is COC(=O)COCCN(CCCc1c(F)cccc1F)C(=O)c1cc(OC)c(C)c(OC)c1. The molecule has 0 aliphatic heterocycles. The van der Waals surface area contributed by atoms with Crippen LogP contribution in [0.15, 0.2) is 30.3 Å². The van der Waals surface area contributed by atoms with Gasteiger partial charge in [0.1, 0.15) is 29.7 Å². The first kappa shape index (κ1) is 26.1. The summed E-state index contributed by atoms with van der Waals surface area (Å²) in [4.78, 5) is 26.0. The van der Waals surface area contributed by atoms with Gasteiger partial charge >= 0.3 is 5.97 Å². The summed E-state index contributed by atoms with van der Waals surface area (Å²) in [5, 5.41) is 0. The number of carbonyl (C=O) groups excluding carboxylic acids is 2. The molecule has 0 aromatic heterocycles. The van der Waals surface area contributed by atoms with Crippen LogP contribution < -0.4 is 9.47 Å². The molecule has 180 valence electrons. The predicted molar refractivity (Wildman–Crippen MR) is 118 cm³/mol. The van der Waals surface area contributed by atoms with Crippen LogP contribution in [0.4, 0.5) is 8.78 Å². The van der Waals surface area contributed by atoms with Gasteiger partial charge < -0.3 is 23.8 Å². The van der Waals surface area contributed by atoms with E-state index in [1.54, 1.807) is 12.1 Å². The van der Waals surface area contributed by atoms with Gasteiger partial charge in [0.05, 0.1) is 27.9 Å². The molecule has 0 bridgehead atoms. The van der Waals surface area contributed by atoms with Crippen LogP contribution in [0.3, 0.4) is 0 Å². The maximum absolute atomic E-state index is 13.9. The number of carbonyl (C=O) groups is 2. The molecule has 0 radical (unpaired) electrons. The molecule has 1 amide bonds. The second-order valence-electron chi connectivity index (χ2n) is 7.23. The molecule has 33 heavy (non-hydrogen) atoms. The van der Waals surface area contributed by atoms with Crippen molar-refractivity contribution in [2.45, 2.75) is 19.8 Å². The van der Waals surface area contributed by atoms with Crippen LogP contribution in [0.25, 0.3) is 0 Å². The third kappa shape index (κ3) is 7.15. The van der Waals surface area contributed by atoms with Crippen LogP contribution in [0, 0.1) is 18.6 Å². The van der Waals surface area contributed by atoms with E-state index in [-0.39, 0.29) is 44.2 Å². The van der Waals surface area contributed by atoms with Crippen LogP contribution in [-0.4, -0.2) is 64.4 Å². The van der Waals surface area contributed by atoms with E-state index in [1.807, 2.05) is 6.92 Å². The number of methoxy groups -OCH3 is 3. The van der Waals surface area contributed by atoms with Gasteiger partial charge in [-0.3, -0.25) is 4.79 Å². The number of amides is 1. The zero-order valence-electron chi connectivity index (χ0n) is 19.3. The number of hydrogen-bond donors (Lipinski definition) is 0. The topological polar surface area (TPSA) is 74.3 Å². The van der Waals surface area contributed by atoms with Crippen LogP contribution >= 0.6 is 0 Å². The van der Waals surface area contributed by atoms with Crippen molar-refractivity contribution < 1.29 is 37.3 Å². The molecule has 0 aliphatic rings. The average Bonchev–Trinajstić information content (AvgIpc) is 2.81. The lowest BCUT2D eigenvalue weighted by Gasteiger charge is -2.24. The van der Waals surface area contributed by atoms with E-state index in [2.05, 4.69) is 4.74 Å². The molecule has 0 saturated carbocycles. The number of hydrogen-bond acceptors (Lipinski definition) is 6. The number of rotatable bonds is 12. The van der Waals surface area contributed by atoms with Gasteiger partial charge in [-0.15, -0.1) is 0 Å². The highest BCUT2D eigenvalue weighted by molar-refractivity contribution is 5.95. The Balaban J connectivity index is 2.17. The molecule has 2 aromatic rings. The molecule has 0 aliphatic carbocycles. The van der Waals surface area contributed by atoms with Crippen molar-refractivity contribution >= 4 is 11.9 Å². The van der Waals surface area contributed by atoms with Crippen molar-refractivity contribution in [3.05, 3.63) is 58.7 Å². The Kier molecular flexibility index (Phi) is 10.1. The Morgan fingerprint density at radius 3 is 2.12 bits per heavy atom. The molecular formula is C24H29F2NO6. The summed E-state index contributed by atoms with van der Waals surface area (Å²) in [6, 6.07) is 6.93. The molecule has 0 unspecified atom stereocenters. The van der Waals surface area contributed by atoms with E-state index in [0.29, 0.717) is 23.5 Å². The molecule has 0 atom stereocenters. The van der Waals surface area contributed by atoms with Crippen molar-refractivity contribution in [2.24, 2.45) is 0 Å². The first-order valence-corrected chi connectivity index (χ1v) is 10.4. The van der Waals surface area contributed by atoms with Gasteiger partial charge in [-0.05, 0) is 44.0 Å². The lowest BCUT2D eigenvalue weighted by Crippen LogP contribution is -2.35. The van der Waals surface area contributed by atoms with Crippen molar-refractivity contribution in [2.75, 3.05) is 47.6 Å². The summed E-state index contributed by atoms with van der Waals surface area (Å²) in [7, 11) is 4.25. The van der Waals surface area contributed by atoms with E-state index in [4.69, 9.17) is 14.2 Å². The molecule has 7 nitrogen and oxygen atoms in total. The van der Waals surface area contributed by atoms with Crippen LogP contribution in [0.2, 0.25) is 0 Å². The molecule has 9 heteroatoms. The monoisotopic (exact) mass is 465 g/mol. The summed E-state index contributed by atoms with van der Waals surface area (Å²) in [6.45, 7) is 2.02. The van der Waals surface area contributed by atoms with Gasteiger partial charge in [0, 0.05) is 29.8 Å². The largest absolute Gasteiger partial charge is 0.496 e. The second kappa shape index (κ2) is 12.7. The van der Waals surface area contributed by atoms with Crippen molar-refractivity contribution in [3.8, 4) is 11.5 Å². The van der Waals surface area contributed by atoms with Crippen LogP contribution in [0.5, 0.6) is 11.5 Å². The van der Waals surface area contributed by atoms with Gasteiger partial charge in [-0.2, -0.15) is 0 Å². The number of esters is 1. The summed E-state index contributed by atoms with van der Waals surface area (Å²) in [5.41, 5.74) is 1.06. The highest BCUT2D eigenvalue weighted by Crippen LogP contribution is 2.30. The maximum Gasteiger partial charge on any atom is 0.331 e. The van der Waals surface area contributed by atoms with E-state index in [9.17, 15) is 18.4 Å². The number of nitrogens with zero attached hydrogens (tertiary/aromatic N) is 1. The summed E-state index contributed by atoms with van der Waals surface area (Å²) < 4.78 is 48.4. The fourth-order valence-electron chi connectivity index (χ4n) is 3.31. The fourth-order valence-corrected chi connectivity index (χ4v) is 3.31. The average molecular weight is 465 g/mol. The molecule has 2 aromatic carbocycles. The summed E-state index contributed by atoms with van der Waals surface area (Å²) in [6.07, 6.45) is 0.437. The zero-order chi connectivity index (χ0) is 24.4. The van der Waals surface area contributed by atoms with Crippen molar-refractivity contribution in [3.63, 3.8) is 0 Å². The Bertz CT molecular complexity index is 921. The first-order chi connectivity index (χ1) is 15.8. The molecule has 0 N–H and O–H groups in total. The minimum absolute atomic E-state index is 0.0227. The Hall–Kier alpha value is -3.20. The predicted octanol–water partition coefficient (Wildman–Crippen LogP) is 3.56. The van der Waals surface area contributed by atoms with E-state index in [0.717, 1.165) is 5.56 Å². The molecule has 0 spiro atoms. The lowest BCUT2D eigenvalue weighted by atomic mass is 10.1. The Morgan fingerprint density at radius 1 is 0.970 bits per heavy atom. The number of halogens is 2. The van der Waals surface area contributed by atoms with Crippen LogP contribution in [-0.2, 0) is 20.7 Å². The second-order valence-corrected chi connectivity index (χ2v) is 7.23. The molecular weight excluding hydrogens is 436 g/mol. The van der Waals surface area contributed by atoms with E-state index < -0.39 is 17.6 Å². The van der Waals surface area contributed by atoms with Crippen molar-refractivity contribution in [1.29, 1.82) is 0 Å². The third-order valence-corrected chi connectivity index (χ3v) is 5.16. The van der Waals surface area contributed by atoms with E-state index >= 15 is 0 Å². The number of ether oxygens (including phenoxy) is 4. The first-order valence-electron chi connectivity index (χ1n) is 10.4. The number of benzene rings is 2. The van der Waals surface area contributed by atoms with E-state index in [1.165, 1.54) is 44.4 Å². The fraction of sp³-hybridized carbons (Fsp3) is 0.417. The zero-order valence-corrected chi connectivity index (χ0v) is 19.3. The highest BCUT2D eigenvalue weighted by Gasteiger charge is 2.20. The quantitative estimate of drug-likeness (QED) is 0.353. The van der Waals surface area contributed by atoms with Crippen LogP contribution in [0.1, 0.15) is 27.9 Å². The minimum Gasteiger partial charge on any atom is -0.496 e. The Labute approximate surface area is 192 Å². The smallest absolute Gasteiger partial charge is 0.331 e. The molecule has 0 heterocycles. The van der Waals surface area contributed by atoms with Gasteiger partial charge in [0.25, 0.3) is 5.91 Å². The summed E-state index contributed by atoms with van der Waals surface area (Å²) in [5.74, 6) is -1.12. The highest BCUT2D eigenvalue weighted by atomic mass is 19.1. The summed E-state index contributed by atoms with van der Waals surface area (Å²) >= 11 is 0. The van der Waals surface area contributed by atoms with Gasteiger partial charge in [0.15, 0.2) is 0 Å². The van der Waals surface area contributed by atoms with Gasteiger partial charge in [-0.1, -0.05) is 6.07 Å². The third-order valence-electron chi connectivity index (χ3n) is 5.16. The van der Waals surface area contributed by atoms with Gasteiger partial charge in [-0.25, -0.2) is 13.6 Å². The molecule has 0 saturated heterocycles. The Morgan fingerprint density at radius 2 is 1.58 bits per heavy atom. The maximum atomic E-state index is 13.9. The normalized spacial score (nSPS) is 10.6. The lowest BCUT2D eigenvalue weighted by molar-refractivity contribution is -0.145. The standard InChI is InChI=1S/C24H29F2NO6/c1-16-21(30-2)13-17(14-22(16)31-3)24(29)27(11-12-33-15-23(28)32-4)10-6-7-18-19(25)8-5-9-20(18)26/h5,8-9,13-14H,6-7,10-12,15H2,1-4H3. The minimum atomic E-state index is -0.623. The van der Waals surface area contributed by atoms with Gasteiger partial charge in [0.2, 0.25) is 0 Å². The molecule has 2 rings (SSSR count). The van der Waals surface area contributed by atoms with Crippen molar-refractivity contribution in [1.82, 2.24) is 4.90 Å².